The maximum atomic E-state index is 10.6. The second kappa shape index (κ2) is 7.75. The Morgan fingerprint density at radius 3 is 1.57 bits per heavy atom. The van der Waals surface area contributed by atoms with E-state index in [9.17, 15) is 9.59 Å². The van der Waals surface area contributed by atoms with Crippen LogP contribution in [-0.4, -0.2) is 32.9 Å². The fourth-order valence-electron chi connectivity index (χ4n) is 0.451. The number of carbonyl (C=O) groups excluding carboxylic acids is 2. The van der Waals surface area contributed by atoms with E-state index in [4.69, 9.17) is 0 Å². The molecule has 0 aliphatic rings. The summed E-state index contributed by atoms with van der Waals surface area (Å²) in [7, 11) is 1.04. The van der Waals surface area contributed by atoms with Gasteiger partial charge in [-0.15, -0.1) is 0 Å². The van der Waals surface area contributed by atoms with Gasteiger partial charge in [0.15, 0.2) is 0 Å². The third-order valence-electron chi connectivity index (χ3n) is 1.31. The Balaban J connectivity index is 0. The first kappa shape index (κ1) is 15.8. The van der Waals surface area contributed by atoms with Crippen LogP contribution in [0.3, 0.4) is 0 Å². The standard InChI is InChI=1S/C5H12O2Si.C3H8O2Si/c1-5(2,3)4(6)7-8;1-2-3(4)5-6/h1-3,8H3;2H2,1,6H3. The maximum absolute atomic E-state index is 10.6. The molecule has 0 aromatic rings. The van der Waals surface area contributed by atoms with Crippen molar-refractivity contribution in [1.29, 1.82) is 0 Å². The molecule has 0 radical (unpaired) electrons. The van der Waals surface area contributed by atoms with Crippen LogP contribution >= 0.6 is 0 Å². The normalized spacial score (nSPS) is 10.0. The van der Waals surface area contributed by atoms with Crippen LogP contribution in [0.2, 0.25) is 0 Å². The highest BCUT2D eigenvalue weighted by Gasteiger charge is 2.20. The van der Waals surface area contributed by atoms with Gasteiger partial charge < -0.3 is 8.85 Å². The van der Waals surface area contributed by atoms with Crippen molar-refractivity contribution in [2.45, 2.75) is 34.1 Å². The molecule has 0 aromatic heterocycles. The minimum Gasteiger partial charge on any atom is -0.529 e. The smallest absolute Gasteiger partial charge is 0.297 e. The van der Waals surface area contributed by atoms with E-state index < -0.39 is 0 Å². The highest BCUT2D eigenvalue weighted by atomic mass is 28.2. The molecule has 0 rings (SSSR count). The lowest BCUT2D eigenvalue weighted by atomic mass is 9.98. The molecule has 0 atom stereocenters. The van der Waals surface area contributed by atoms with Crippen LogP contribution in [0, 0.1) is 5.41 Å². The van der Waals surface area contributed by atoms with Gasteiger partial charge in [-0.3, -0.25) is 9.59 Å². The van der Waals surface area contributed by atoms with Gasteiger partial charge in [0.1, 0.15) is 0 Å². The molecule has 0 saturated carbocycles. The van der Waals surface area contributed by atoms with E-state index in [-0.39, 0.29) is 17.4 Å². The van der Waals surface area contributed by atoms with Crippen molar-refractivity contribution in [3.05, 3.63) is 0 Å². The molecule has 0 heterocycles. The average Bonchev–Trinajstić information content (AvgIpc) is 2.14. The highest BCUT2D eigenvalue weighted by molar-refractivity contribution is 6.06. The molecule has 0 aliphatic carbocycles. The van der Waals surface area contributed by atoms with Crippen LogP contribution in [0.1, 0.15) is 34.1 Å². The summed E-state index contributed by atoms with van der Waals surface area (Å²) in [4.78, 5) is 20.6. The minimum absolute atomic E-state index is 0.0957. The van der Waals surface area contributed by atoms with E-state index in [0.29, 0.717) is 27.4 Å². The predicted octanol–water partition coefficient (Wildman–Crippen LogP) is -0.924. The molecule has 0 saturated heterocycles. The monoisotopic (exact) mass is 236 g/mol. The molecule has 4 nitrogen and oxygen atoms in total. The van der Waals surface area contributed by atoms with Crippen molar-refractivity contribution in [2.24, 2.45) is 5.41 Å². The van der Waals surface area contributed by atoms with Gasteiger partial charge in [0, 0.05) is 6.42 Å². The minimum atomic E-state index is -0.318. The van der Waals surface area contributed by atoms with Crippen LogP contribution in [0.15, 0.2) is 0 Å². The molecule has 0 spiro atoms. The summed E-state index contributed by atoms with van der Waals surface area (Å²) in [5, 5.41) is 0. The molecule has 6 heteroatoms. The van der Waals surface area contributed by atoms with Crippen LogP contribution in [0.4, 0.5) is 0 Å². The summed E-state index contributed by atoms with van der Waals surface area (Å²) in [5.74, 6) is -0.203. The Bertz CT molecular complexity index is 180. The molecule has 84 valence electrons. The van der Waals surface area contributed by atoms with Gasteiger partial charge in [-0.2, -0.15) is 0 Å². The topological polar surface area (TPSA) is 52.6 Å². The summed E-state index contributed by atoms with van der Waals surface area (Å²) in [6.07, 6.45) is 0.503. The Morgan fingerprint density at radius 2 is 1.57 bits per heavy atom. The summed E-state index contributed by atoms with van der Waals surface area (Å²) >= 11 is 0. The summed E-state index contributed by atoms with van der Waals surface area (Å²) in [5.41, 5.74) is -0.318. The zero-order valence-corrected chi connectivity index (χ0v) is 13.8. The molecule has 0 unspecified atom stereocenters. The van der Waals surface area contributed by atoms with Crippen molar-refractivity contribution in [2.75, 3.05) is 0 Å². The van der Waals surface area contributed by atoms with Crippen LogP contribution < -0.4 is 0 Å². The maximum Gasteiger partial charge on any atom is 0.297 e. The zero-order chi connectivity index (χ0) is 11.8. The third-order valence-corrected chi connectivity index (χ3v) is 2.14. The highest BCUT2D eigenvalue weighted by Crippen LogP contribution is 2.13. The number of carbonyl (C=O) groups is 2. The van der Waals surface area contributed by atoms with Gasteiger partial charge in [-0.05, 0) is 20.8 Å². The van der Waals surface area contributed by atoms with E-state index in [1.54, 1.807) is 6.92 Å². The van der Waals surface area contributed by atoms with Crippen molar-refractivity contribution in [3.63, 3.8) is 0 Å². The van der Waals surface area contributed by atoms with E-state index in [1.807, 2.05) is 20.8 Å². The number of hydrogen-bond donors (Lipinski definition) is 0. The SMILES string of the molecule is CC(C)(C)C(=O)O[SiH3].CCC(=O)O[SiH3]. The van der Waals surface area contributed by atoms with Gasteiger partial charge in [0.2, 0.25) is 21.0 Å². The first-order valence-electron chi connectivity index (χ1n) is 4.44. The molecule has 14 heavy (non-hydrogen) atoms. The van der Waals surface area contributed by atoms with Gasteiger partial charge in [-0.25, -0.2) is 0 Å². The molecular weight excluding hydrogens is 216 g/mol. The predicted molar refractivity (Wildman–Crippen MR) is 61.8 cm³/mol. The van der Waals surface area contributed by atoms with Crippen molar-refractivity contribution < 1.29 is 18.4 Å². The lowest BCUT2D eigenvalue weighted by Gasteiger charge is -2.14. The average molecular weight is 236 g/mol. The molecule has 0 N–H and O–H groups in total. The second-order valence-electron chi connectivity index (χ2n) is 3.67. The first-order chi connectivity index (χ1) is 6.29. The Labute approximate surface area is 91.4 Å². The van der Waals surface area contributed by atoms with Crippen molar-refractivity contribution in [1.82, 2.24) is 0 Å². The zero-order valence-electron chi connectivity index (χ0n) is 9.84. The number of rotatable bonds is 1. The van der Waals surface area contributed by atoms with E-state index in [0.717, 1.165) is 0 Å². The van der Waals surface area contributed by atoms with E-state index in [2.05, 4.69) is 8.85 Å². The molecule has 0 aromatic carbocycles. The van der Waals surface area contributed by atoms with Crippen molar-refractivity contribution in [3.8, 4) is 0 Å². The van der Waals surface area contributed by atoms with Crippen LogP contribution in [-0.2, 0) is 18.4 Å². The molecule has 0 aliphatic heterocycles. The quantitative estimate of drug-likeness (QED) is 0.552. The van der Waals surface area contributed by atoms with Gasteiger partial charge in [0.25, 0.3) is 11.9 Å². The van der Waals surface area contributed by atoms with Crippen molar-refractivity contribution >= 4 is 32.9 Å². The first-order valence-corrected chi connectivity index (χ1v) is 6.08. The summed E-state index contributed by atoms with van der Waals surface area (Å²) < 4.78 is 9.01. The third kappa shape index (κ3) is 9.46. The Hall–Kier alpha value is -0.626. The molecule has 0 amide bonds. The lowest BCUT2D eigenvalue weighted by molar-refractivity contribution is -0.142. The Kier molecular flexibility index (Phi) is 8.76. The largest absolute Gasteiger partial charge is 0.529 e. The molecular formula is C8H20O4Si2. The second-order valence-corrected chi connectivity index (χ2v) is 4.49. The van der Waals surface area contributed by atoms with Gasteiger partial charge >= 0.3 is 0 Å². The molecule has 0 bridgehead atoms. The van der Waals surface area contributed by atoms with E-state index >= 15 is 0 Å². The van der Waals surface area contributed by atoms with Gasteiger partial charge in [0.05, 0.1) is 5.41 Å². The van der Waals surface area contributed by atoms with Crippen LogP contribution in [0.25, 0.3) is 0 Å². The summed E-state index contributed by atoms with van der Waals surface area (Å²) in [6, 6.07) is 0. The fraction of sp³-hybridized carbons (Fsp3) is 0.750. The lowest BCUT2D eigenvalue weighted by Crippen LogP contribution is -2.21. The van der Waals surface area contributed by atoms with Crippen LogP contribution in [0.5, 0.6) is 0 Å². The molecule has 0 fully saturated rings. The summed E-state index contributed by atoms with van der Waals surface area (Å²) in [6.45, 7) is 7.30. The number of hydrogen-bond acceptors (Lipinski definition) is 4. The van der Waals surface area contributed by atoms with E-state index in [1.165, 1.54) is 0 Å². The fourth-order valence-corrected chi connectivity index (χ4v) is 1.35. The van der Waals surface area contributed by atoms with Gasteiger partial charge in [-0.1, -0.05) is 6.92 Å². The Morgan fingerprint density at radius 1 is 1.14 bits per heavy atom.